The van der Waals surface area contributed by atoms with Gasteiger partial charge in [-0.3, -0.25) is 4.79 Å². The third-order valence-corrected chi connectivity index (χ3v) is 7.61. The van der Waals surface area contributed by atoms with Crippen LogP contribution in [0.2, 0.25) is 0 Å². The van der Waals surface area contributed by atoms with E-state index in [4.69, 9.17) is 14.2 Å². The van der Waals surface area contributed by atoms with Crippen molar-refractivity contribution in [2.45, 2.75) is 31.7 Å². The molecule has 0 amide bonds. The van der Waals surface area contributed by atoms with Crippen LogP contribution in [-0.2, 0) is 16.6 Å². The topological polar surface area (TPSA) is 87.0 Å². The molecule has 0 saturated carbocycles. The van der Waals surface area contributed by atoms with Crippen molar-refractivity contribution >= 4 is 44.6 Å². The fourth-order valence-electron chi connectivity index (χ4n) is 5.65. The van der Waals surface area contributed by atoms with E-state index >= 15 is 0 Å². The molecule has 2 atom stereocenters. The van der Waals surface area contributed by atoms with Crippen LogP contribution in [0.5, 0.6) is 11.5 Å². The zero-order valence-corrected chi connectivity index (χ0v) is 22.7. The second-order valence-corrected chi connectivity index (χ2v) is 10.6. The molecule has 0 aliphatic carbocycles. The molecule has 0 unspecified atom stereocenters. The molecule has 0 saturated heterocycles. The van der Waals surface area contributed by atoms with Crippen molar-refractivity contribution in [2.24, 2.45) is 7.05 Å². The summed E-state index contributed by atoms with van der Waals surface area (Å²) in [5.41, 5.74) is 1.08. The van der Waals surface area contributed by atoms with Crippen LogP contribution in [0, 0.1) is 0 Å². The lowest BCUT2D eigenvalue weighted by atomic mass is 9.86. The first-order chi connectivity index (χ1) is 19.2. The number of nitrogens with zero attached hydrogens (tertiary/aromatic N) is 1. The highest BCUT2D eigenvalue weighted by Gasteiger charge is 2.47. The van der Waals surface area contributed by atoms with Gasteiger partial charge in [0.2, 0.25) is 5.43 Å². The van der Waals surface area contributed by atoms with E-state index in [1.54, 1.807) is 26.0 Å². The second-order valence-electron chi connectivity index (χ2n) is 10.6. The van der Waals surface area contributed by atoms with Crippen molar-refractivity contribution in [3.05, 3.63) is 100 Å². The van der Waals surface area contributed by atoms with Crippen molar-refractivity contribution in [1.82, 2.24) is 4.57 Å². The largest absolute Gasteiger partial charge is 0.496 e. The van der Waals surface area contributed by atoms with Crippen molar-refractivity contribution in [1.29, 1.82) is 0 Å². The Labute approximate surface area is 230 Å². The third-order valence-electron chi connectivity index (χ3n) is 7.61. The van der Waals surface area contributed by atoms with Gasteiger partial charge in [-0.15, -0.1) is 0 Å². The van der Waals surface area contributed by atoms with Gasteiger partial charge in [-0.2, -0.15) is 0 Å². The number of hydrogen-bond donors (Lipinski definition) is 1. The molecule has 0 fully saturated rings. The molecule has 1 aromatic heterocycles. The number of benzene rings is 4. The summed E-state index contributed by atoms with van der Waals surface area (Å²) in [6, 6.07) is 22.7. The van der Waals surface area contributed by atoms with Gasteiger partial charge in [0.25, 0.3) is 0 Å². The smallest absolute Gasteiger partial charge is 0.331 e. The molecule has 202 valence electrons. The molecule has 1 aliphatic heterocycles. The quantitative estimate of drug-likeness (QED) is 0.181. The van der Waals surface area contributed by atoms with Crippen LogP contribution in [0.3, 0.4) is 0 Å². The van der Waals surface area contributed by atoms with Crippen LogP contribution < -0.4 is 14.9 Å². The maximum atomic E-state index is 14.0. The molecule has 7 heteroatoms. The number of esters is 1. The molecule has 7 nitrogen and oxygen atoms in total. The highest BCUT2D eigenvalue weighted by Crippen LogP contribution is 2.47. The molecular weight excluding hydrogens is 506 g/mol. The zero-order chi connectivity index (χ0) is 28.2. The Balaban J connectivity index is 1.53. The van der Waals surface area contributed by atoms with Crippen LogP contribution >= 0.6 is 0 Å². The maximum absolute atomic E-state index is 14.0. The third kappa shape index (κ3) is 4.10. The number of aliphatic hydroxyl groups is 1. The van der Waals surface area contributed by atoms with E-state index in [1.165, 1.54) is 13.2 Å². The van der Waals surface area contributed by atoms with Gasteiger partial charge < -0.3 is 23.9 Å². The monoisotopic (exact) mass is 535 g/mol. The standard InChI is InChI=1S/C33H29NO6/c1-33(2)32(39-26(35)15-14-19-10-6-5-7-11-19)31(37)28-25(40-33)18-24(38-4)27-29(28)34(3)23-17-21-13-9-8-12-20(21)16-22(23)30(27)36/h5-18,31-32,37H,1-4H3/t31-,32-/m0/s1. The first-order valence-electron chi connectivity index (χ1n) is 13.1. The average molecular weight is 536 g/mol. The number of methoxy groups -OCH3 is 1. The molecule has 0 bridgehead atoms. The molecule has 1 N–H and O–H groups in total. The van der Waals surface area contributed by atoms with Crippen molar-refractivity contribution in [2.75, 3.05) is 7.11 Å². The van der Waals surface area contributed by atoms with Gasteiger partial charge in [0, 0.05) is 24.6 Å². The summed E-state index contributed by atoms with van der Waals surface area (Å²) in [5.74, 6) is 0.0921. The van der Waals surface area contributed by atoms with Gasteiger partial charge in [0.05, 0.1) is 29.1 Å². The lowest BCUT2D eigenvalue weighted by molar-refractivity contribution is -0.171. The zero-order valence-electron chi connectivity index (χ0n) is 22.7. The van der Waals surface area contributed by atoms with Gasteiger partial charge in [-0.05, 0) is 48.4 Å². The first-order valence-corrected chi connectivity index (χ1v) is 13.1. The van der Waals surface area contributed by atoms with Crippen molar-refractivity contribution < 1.29 is 24.1 Å². The van der Waals surface area contributed by atoms with Crippen LogP contribution in [0.25, 0.3) is 38.7 Å². The minimum Gasteiger partial charge on any atom is -0.496 e. The summed E-state index contributed by atoms with van der Waals surface area (Å²) in [4.78, 5) is 26.8. The Hall–Kier alpha value is -4.62. The fourth-order valence-corrected chi connectivity index (χ4v) is 5.65. The minimum absolute atomic E-state index is 0.218. The predicted octanol–water partition coefficient (Wildman–Crippen LogP) is 5.68. The van der Waals surface area contributed by atoms with E-state index in [9.17, 15) is 14.7 Å². The van der Waals surface area contributed by atoms with E-state index < -0.39 is 23.8 Å². The molecule has 6 rings (SSSR count). The fraction of sp³-hybridized carbons (Fsp3) is 0.212. The molecule has 40 heavy (non-hydrogen) atoms. The van der Waals surface area contributed by atoms with Crippen LogP contribution in [0.4, 0.5) is 0 Å². The Morgan fingerprint density at radius 1 is 1.02 bits per heavy atom. The molecule has 0 radical (unpaired) electrons. The average Bonchev–Trinajstić information content (AvgIpc) is 2.95. The number of aromatic nitrogens is 1. The van der Waals surface area contributed by atoms with Crippen molar-refractivity contribution in [3.8, 4) is 11.5 Å². The van der Waals surface area contributed by atoms with E-state index in [0.29, 0.717) is 38.9 Å². The van der Waals surface area contributed by atoms with Crippen LogP contribution in [-0.4, -0.2) is 34.5 Å². The van der Waals surface area contributed by atoms with E-state index in [0.717, 1.165) is 16.3 Å². The van der Waals surface area contributed by atoms with E-state index in [-0.39, 0.29) is 5.43 Å². The number of rotatable bonds is 4. The van der Waals surface area contributed by atoms with Gasteiger partial charge in [0.15, 0.2) is 6.10 Å². The molecule has 1 aliphatic rings. The first kappa shape index (κ1) is 25.6. The summed E-state index contributed by atoms with van der Waals surface area (Å²) in [7, 11) is 3.34. The lowest BCUT2D eigenvalue weighted by Crippen LogP contribution is -2.51. The number of pyridine rings is 1. The molecule has 2 heterocycles. The van der Waals surface area contributed by atoms with Crippen LogP contribution in [0.15, 0.2) is 83.7 Å². The summed E-state index contributed by atoms with van der Waals surface area (Å²) < 4.78 is 19.7. The Morgan fingerprint density at radius 2 is 1.70 bits per heavy atom. The molecular formula is C33H29NO6. The summed E-state index contributed by atoms with van der Waals surface area (Å²) in [6.07, 6.45) is 0.658. The number of hydrogen-bond acceptors (Lipinski definition) is 6. The number of ether oxygens (including phenoxy) is 3. The van der Waals surface area contributed by atoms with Crippen molar-refractivity contribution in [3.63, 3.8) is 0 Å². The number of carbonyl (C=O) groups is 1. The van der Waals surface area contributed by atoms with Gasteiger partial charge in [-0.1, -0.05) is 54.6 Å². The summed E-state index contributed by atoms with van der Waals surface area (Å²) >= 11 is 0. The SMILES string of the molecule is COc1cc2c(c3c1c(=O)c1cc4ccccc4cc1n3C)[C@H](O)[C@H](OC(=O)C=Cc1ccccc1)C(C)(C)O2. The van der Waals surface area contributed by atoms with E-state index in [1.807, 2.05) is 78.3 Å². The highest BCUT2D eigenvalue weighted by atomic mass is 16.6. The Bertz CT molecular complexity index is 1890. The summed E-state index contributed by atoms with van der Waals surface area (Å²) in [5, 5.41) is 14.6. The van der Waals surface area contributed by atoms with E-state index in [2.05, 4.69) is 0 Å². The maximum Gasteiger partial charge on any atom is 0.331 e. The number of carbonyl (C=O) groups excluding carboxylic acids is 1. The molecule has 5 aromatic rings. The second kappa shape index (κ2) is 9.54. The normalized spacial score (nSPS) is 18.1. The minimum atomic E-state index is -1.27. The Kier molecular flexibility index (Phi) is 6.11. The highest BCUT2D eigenvalue weighted by molar-refractivity contribution is 6.04. The number of aliphatic hydroxyl groups excluding tert-OH is 1. The Morgan fingerprint density at radius 3 is 2.40 bits per heavy atom. The predicted molar refractivity (Wildman–Crippen MR) is 156 cm³/mol. The van der Waals surface area contributed by atoms with Gasteiger partial charge in [-0.25, -0.2) is 4.79 Å². The van der Waals surface area contributed by atoms with Crippen LogP contribution in [0.1, 0.15) is 31.1 Å². The van der Waals surface area contributed by atoms with Gasteiger partial charge >= 0.3 is 5.97 Å². The number of fused-ring (bicyclic) bond motifs is 5. The lowest BCUT2D eigenvalue weighted by Gasteiger charge is -2.42. The van der Waals surface area contributed by atoms with Gasteiger partial charge in [0.1, 0.15) is 23.2 Å². The molecule has 4 aromatic carbocycles. The summed E-state index contributed by atoms with van der Waals surface area (Å²) in [6.45, 7) is 3.50. The molecule has 0 spiro atoms. The number of aryl methyl sites for hydroxylation is 1.